The second-order valence-electron chi connectivity index (χ2n) is 7.35. The highest BCUT2D eigenvalue weighted by molar-refractivity contribution is 6.30. The molecule has 5 heteroatoms. The summed E-state index contributed by atoms with van der Waals surface area (Å²) in [6.45, 7) is 3.98. The van der Waals surface area contributed by atoms with Gasteiger partial charge in [0.15, 0.2) is 0 Å². The maximum atomic E-state index is 12.8. The van der Waals surface area contributed by atoms with Crippen LogP contribution in [0.4, 0.5) is 5.69 Å². The molecule has 0 aliphatic carbocycles. The van der Waals surface area contributed by atoms with Crippen LogP contribution >= 0.6 is 11.6 Å². The summed E-state index contributed by atoms with van der Waals surface area (Å²) in [6.07, 6.45) is 0.109. The number of hydrogen-bond acceptors (Lipinski definition) is 3. The normalized spacial score (nSPS) is 15.4. The van der Waals surface area contributed by atoms with E-state index in [0.29, 0.717) is 22.6 Å². The Hall–Kier alpha value is -3.11. The number of halogens is 1. The predicted molar refractivity (Wildman–Crippen MR) is 114 cm³/mol. The lowest BCUT2D eigenvalue weighted by Gasteiger charge is -2.25. The third-order valence-corrected chi connectivity index (χ3v) is 5.22. The van der Waals surface area contributed by atoms with Gasteiger partial charge in [0.1, 0.15) is 6.10 Å². The van der Waals surface area contributed by atoms with Crippen molar-refractivity contribution >= 4 is 29.2 Å². The van der Waals surface area contributed by atoms with Crippen molar-refractivity contribution in [3.05, 3.63) is 99.1 Å². The molecule has 1 N–H and O–H groups in total. The van der Waals surface area contributed by atoms with Crippen LogP contribution in [-0.4, -0.2) is 11.9 Å². The molecule has 0 unspecified atom stereocenters. The second-order valence-corrected chi connectivity index (χ2v) is 7.79. The van der Waals surface area contributed by atoms with Gasteiger partial charge < -0.3 is 10.1 Å². The van der Waals surface area contributed by atoms with Crippen LogP contribution in [0.3, 0.4) is 0 Å². The number of fused-ring (bicyclic) bond motifs is 1. The summed E-state index contributed by atoms with van der Waals surface area (Å²) >= 11 is 5.95. The molecule has 3 aromatic rings. The Morgan fingerprint density at radius 2 is 1.69 bits per heavy atom. The summed E-state index contributed by atoms with van der Waals surface area (Å²) < 4.78 is 5.58. The van der Waals surface area contributed by atoms with Gasteiger partial charge in [0.2, 0.25) is 0 Å². The van der Waals surface area contributed by atoms with Gasteiger partial charge in [-0.15, -0.1) is 0 Å². The molecule has 1 aliphatic heterocycles. The van der Waals surface area contributed by atoms with E-state index in [1.807, 2.05) is 38.1 Å². The zero-order valence-electron chi connectivity index (χ0n) is 16.2. The highest BCUT2D eigenvalue weighted by Crippen LogP contribution is 2.32. The molecule has 0 saturated heterocycles. The van der Waals surface area contributed by atoms with Crippen LogP contribution < -0.4 is 5.32 Å². The van der Waals surface area contributed by atoms with Gasteiger partial charge in [0.25, 0.3) is 5.91 Å². The van der Waals surface area contributed by atoms with E-state index in [1.165, 1.54) is 0 Å². The molecule has 3 aromatic carbocycles. The van der Waals surface area contributed by atoms with Gasteiger partial charge in [0.05, 0.1) is 5.56 Å². The molecule has 146 valence electrons. The van der Waals surface area contributed by atoms with Crippen molar-refractivity contribution in [2.45, 2.75) is 26.4 Å². The summed E-state index contributed by atoms with van der Waals surface area (Å²) in [6, 6.07) is 18.2. The van der Waals surface area contributed by atoms with Crippen molar-refractivity contribution in [3.8, 4) is 0 Å². The minimum Gasteiger partial charge on any atom is -0.454 e. The molecule has 0 fully saturated rings. The highest BCUT2D eigenvalue weighted by atomic mass is 35.5. The topological polar surface area (TPSA) is 55.4 Å². The lowest BCUT2D eigenvalue weighted by Crippen LogP contribution is -2.23. The van der Waals surface area contributed by atoms with Gasteiger partial charge >= 0.3 is 5.97 Å². The average molecular weight is 406 g/mol. The first-order valence-corrected chi connectivity index (χ1v) is 9.76. The van der Waals surface area contributed by atoms with E-state index in [2.05, 4.69) is 11.4 Å². The van der Waals surface area contributed by atoms with Crippen LogP contribution in [0, 0.1) is 13.8 Å². The van der Waals surface area contributed by atoms with Crippen molar-refractivity contribution in [1.82, 2.24) is 0 Å². The number of rotatable bonds is 3. The molecule has 0 bridgehead atoms. The maximum Gasteiger partial charge on any atom is 0.339 e. The Balaban J connectivity index is 1.59. The Bertz CT molecular complexity index is 1090. The van der Waals surface area contributed by atoms with Crippen molar-refractivity contribution in [3.63, 3.8) is 0 Å². The minimum atomic E-state index is -0.398. The summed E-state index contributed by atoms with van der Waals surface area (Å²) in [5, 5.41) is 3.56. The van der Waals surface area contributed by atoms with E-state index >= 15 is 0 Å². The van der Waals surface area contributed by atoms with Gasteiger partial charge in [-0.2, -0.15) is 0 Å². The molecule has 0 radical (unpaired) electrons. The van der Waals surface area contributed by atoms with Crippen LogP contribution in [0.15, 0.2) is 60.7 Å². The summed E-state index contributed by atoms with van der Waals surface area (Å²) in [5.74, 6) is -0.591. The molecule has 1 heterocycles. The average Bonchev–Trinajstić information content (AvgIpc) is 2.67. The number of carbonyl (C=O) groups excluding carboxylic acids is 2. The zero-order chi connectivity index (χ0) is 20.5. The standard InChI is InChI=1S/C24H20ClNO3/c1-14-9-15(2)11-20(10-14)26-23(27)17-5-8-21-18(12-17)13-22(29-24(21)28)16-3-6-19(25)7-4-16/h3-12,22H,13H2,1-2H3,(H,26,27)/t22-/m0/s1. The largest absolute Gasteiger partial charge is 0.454 e. The number of anilines is 1. The third kappa shape index (κ3) is 4.17. The number of nitrogens with one attached hydrogen (secondary N) is 1. The number of hydrogen-bond donors (Lipinski definition) is 1. The molecule has 0 saturated carbocycles. The Morgan fingerprint density at radius 1 is 1.00 bits per heavy atom. The van der Waals surface area contributed by atoms with E-state index in [4.69, 9.17) is 16.3 Å². The number of ether oxygens (including phenoxy) is 1. The Kier molecular flexibility index (Phi) is 5.12. The van der Waals surface area contributed by atoms with Gasteiger partial charge in [0, 0.05) is 22.7 Å². The van der Waals surface area contributed by atoms with Gasteiger partial charge in [-0.3, -0.25) is 4.79 Å². The van der Waals surface area contributed by atoms with Crippen LogP contribution in [0.2, 0.25) is 5.02 Å². The first-order chi connectivity index (χ1) is 13.9. The van der Waals surface area contributed by atoms with Crippen molar-refractivity contribution < 1.29 is 14.3 Å². The monoisotopic (exact) mass is 405 g/mol. The van der Waals surface area contributed by atoms with Crippen LogP contribution in [0.5, 0.6) is 0 Å². The van der Waals surface area contributed by atoms with Gasteiger partial charge in [-0.25, -0.2) is 4.79 Å². The number of esters is 1. The molecule has 0 spiro atoms. The fourth-order valence-corrected chi connectivity index (χ4v) is 3.78. The molecule has 4 rings (SSSR count). The number of cyclic esters (lactones) is 1. The van der Waals surface area contributed by atoms with E-state index in [-0.39, 0.29) is 11.9 Å². The smallest absolute Gasteiger partial charge is 0.339 e. The zero-order valence-corrected chi connectivity index (χ0v) is 16.9. The maximum absolute atomic E-state index is 12.8. The number of amides is 1. The van der Waals surface area contributed by atoms with E-state index in [1.54, 1.807) is 30.3 Å². The molecule has 1 amide bonds. The molecule has 1 atom stereocenters. The third-order valence-electron chi connectivity index (χ3n) is 4.96. The predicted octanol–water partition coefficient (Wildman–Crippen LogP) is 5.66. The van der Waals surface area contributed by atoms with Crippen LogP contribution in [-0.2, 0) is 11.2 Å². The number of carbonyl (C=O) groups is 2. The first-order valence-electron chi connectivity index (χ1n) is 9.38. The minimum absolute atomic E-state index is 0.209. The molecular formula is C24H20ClNO3. The lowest BCUT2D eigenvalue weighted by atomic mass is 9.93. The van der Waals surface area contributed by atoms with Crippen molar-refractivity contribution in [2.24, 2.45) is 0 Å². The fraction of sp³-hybridized carbons (Fsp3) is 0.167. The highest BCUT2D eigenvalue weighted by Gasteiger charge is 2.28. The molecular weight excluding hydrogens is 386 g/mol. The second kappa shape index (κ2) is 7.72. The van der Waals surface area contributed by atoms with Gasteiger partial charge in [-0.05, 0) is 78.6 Å². The van der Waals surface area contributed by atoms with Crippen molar-refractivity contribution in [1.29, 1.82) is 0 Å². The lowest BCUT2D eigenvalue weighted by molar-refractivity contribution is 0.0252. The van der Waals surface area contributed by atoms with E-state index in [9.17, 15) is 9.59 Å². The number of benzene rings is 3. The molecule has 0 aromatic heterocycles. The SMILES string of the molecule is Cc1cc(C)cc(NC(=O)c2ccc3c(c2)C[C@@H](c2ccc(Cl)cc2)OC3=O)c1. The molecule has 29 heavy (non-hydrogen) atoms. The summed E-state index contributed by atoms with van der Waals surface area (Å²) in [7, 11) is 0. The van der Waals surface area contributed by atoms with Gasteiger partial charge in [-0.1, -0.05) is 29.8 Å². The number of aryl methyl sites for hydroxylation is 2. The van der Waals surface area contributed by atoms with E-state index in [0.717, 1.165) is 27.9 Å². The summed E-state index contributed by atoms with van der Waals surface area (Å²) in [4.78, 5) is 25.2. The Morgan fingerprint density at radius 3 is 2.38 bits per heavy atom. The quantitative estimate of drug-likeness (QED) is 0.572. The molecule has 1 aliphatic rings. The van der Waals surface area contributed by atoms with Crippen LogP contribution in [0.1, 0.15) is 49.1 Å². The fourth-order valence-electron chi connectivity index (χ4n) is 3.65. The molecule has 4 nitrogen and oxygen atoms in total. The van der Waals surface area contributed by atoms with E-state index < -0.39 is 6.10 Å². The van der Waals surface area contributed by atoms with Crippen molar-refractivity contribution in [2.75, 3.05) is 5.32 Å². The van der Waals surface area contributed by atoms with Crippen LogP contribution in [0.25, 0.3) is 0 Å². The summed E-state index contributed by atoms with van der Waals surface area (Å²) in [5.41, 5.74) is 5.60. The first kappa shape index (κ1) is 19.2. The Labute approximate surface area is 174 Å².